The highest BCUT2D eigenvalue weighted by Crippen LogP contribution is 2.09. The van der Waals surface area contributed by atoms with Crippen LogP contribution in [0.4, 0.5) is 0 Å². The molecule has 0 fully saturated rings. The summed E-state index contributed by atoms with van der Waals surface area (Å²) in [6.45, 7) is 6.58. The van der Waals surface area contributed by atoms with Crippen molar-refractivity contribution in [3.63, 3.8) is 0 Å². The van der Waals surface area contributed by atoms with Crippen molar-refractivity contribution in [1.82, 2.24) is 0 Å². The molecule has 0 saturated heterocycles. The molecule has 0 amide bonds. The maximum Gasteiger partial charge on any atom is 0.00105 e. The molecule has 2 atom stereocenters. The molecular formula is C8H21NO. The molecule has 0 aliphatic rings. The Morgan fingerprint density at radius 3 is 2.00 bits per heavy atom. The van der Waals surface area contributed by atoms with Crippen LogP contribution in [0.2, 0.25) is 0 Å². The van der Waals surface area contributed by atoms with E-state index in [0.29, 0.717) is 6.04 Å². The van der Waals surface area contributed by atoms with E-state index in [-0.39, 0.29) is 5.48 Å². The molecule has 0 spiro atoms. The molecule has 0 aliphatic heterocycles. The van der Waals surface area contributed by atoms with Crippen molar-refractivity contribution in [3.05, 3.63) is 0 Å². The van der Waals surface area contributed by atoms with Crippen molar-refractivity contribution < 1.29 is 5.48 Å². The topological polar surface area (TPSA) is 57.5 Å². The van der Waals surface area contributed by atoms with Gasteiger partial charge in [0, 0.05) is 6.04 Å². The third-order valence-electron chi connectivity index (χ3n) is 1.81. The van der Waals surface area contributed by atoms with E-state index in [1.165, 1.54) is 19.3 Å². The molecule has 0 aromatic rings. The minimum Gasteiger partial charge on any atom is -0.412 e. The maximum absolute atomic E-state index is 5.60. The molecule has 0 aromatic heterocycles. The summed E-state index contributed by atoms with van der Waals surface area (Å²) < 4.78 is 0. The molecule has 2 heteroatoms. The lowest BCUT2D eigenvalue weighted by atomic mass is 10.0. The molecule has 0 heterocycles. The summed E-state index contributed by atoms with van der Waals surface area (Å²) in [6, 6.07) is 0.388. The van der Waals surface area contributed by atoms with Gasteiger partial charge in [-0.1, -0.05) is 20.3 Å². The number of hydrogen-bond donors (Lipinski definition) is 1. The lowest BCUT2D eigenvalue weighted by Crippen LogP contribution is -2.15. The molecule has 4 N–H and O–H groups in total. The second kappa shape index (κ2) is 7.03. The Morgan fingerprint density at radius 1 is 1.20 bits per heavy atom. The first-order chi connectivity index (χ1) is 4.16. The van der Waals surface area contributed by atoms with Crippen LogP contribution in [0.25, 0.3) is 0 Å². The molecule has 0 bridgehead atoms. The third-order valence-corrected chi connectivity index (χ3v) is 1.81. The highest BCUT2D eigenvalue weighted by Gasteiger charge is 1.99. The van der Waals surface area contributed by atoms with Gasteiger partial charge >= 0.3 is 0 Å². The van der Waals surface area contributed by atoms with E-state index in [2.05, 4.69) is 20.8 Å². The van der Waals surface area contributed by atoms with Gasteiger partial charge in [-0.3, -0.25) is 0 Å². The van der Waals surface area contributed by atoms with Crippen molar-refractivity contribution in [3.8, 4) is 0 Å². The second-order valence-electron chi connectivity index (χ2n) is 3.07. The van der Waals surface area contributed by atoms with Crippen LogP contribution in [0, 0.1) is 5.92 Å². The maximum atomic E-state index is 5.60. The Labute approximate surface area is 64.1 Å². The van der Waals surface area contributed by atoms with E-state index in [1.807, 2.05) is 0 Å². The highest BCUT2D eigenvalue weighted by atomic mass is 16.0. The van der Waals surface area contributed by atoms with Gasteiger partial charge in [-0.05, 0) is 25.7 Å². The minimum atomic E-state index is 0. The quantitative estimate of drug-likeness (QED) is 0.641. The Bertz CT molecular complexity index is 64.3. The van der Waals surface area contributed by atoms with Crippen molar-refractivity contribution in [2.75, 3.05) is 0 Å². The van der Waals surface area contributed by atoms with E-state index < -0.39 is 0 Å². The number of rotatable bonds is 4. The standard InChI is InChI=1S/C8H19N.H2O/c1-4-7(2)5-6-8(3)9;/h7-8H,4-6,9H2,1-3H3;1H2. The molecule has 0 radical (unpaired) electrons. The number of hydrogen-bond acceptors (Lipinski definition) is 1. The van der Waals surface area contributed by atoms with Crippen LogP contribution in [0.15, 0.2) is 0 Å². The normalized spacial score (nSPS) is 15.6. The molecule has 0 saturated carbocycles. The predicted octanol–water partition coefficient (Wildman–Crippen LogP) is 1.34. The van der Waals surface area contributed by atoms with Gasteiger partial charge in [0.05, 0.1) is 0 Å². The van der Waals surface area contributed by atoms with E-state index in [1.54, 1.807) is 0 Å². The number of nitrogens with two attached hydrogens (primary N) is 1. The zero-order valence-electron chi connectivity index (χ0n) is 7.35. The van der Waals surface area contributed by atoms with Crippen LogP contribution in [0.5, 0.6) is 0 Å². The van der Waals surface area contributed by atoms with Crippen molar-refractivity contribution in [1.29, 1.82) is 0 Å². The summed E-state index contributed by atoms with van der Waals surface area (Å²) in [5.41, 5.74) is 5.60. The average Bonchev–Trinajstić information content (AvgIpc) is 1.83. The summed E-state index contributed by atoms with van der Waals surface area (Å²) in [5.74, 6) is 0.857. The summed E-state index contributed by atoms with van der Waals surface area (Å²) in [5, 5.41) is 0. The average molecular weight is 147 g/mol. The Hall–Kier alpha value is -0.0800. The lowest BCUT2D eigenvalue weighted by molar-refractivity contribution is 0.469. The lowest BCUT2D eigenvalue weighted by Gasteiger charge is -2.09. The Kier molecular flexibility index (Phi) is 8.85. The van der Waals surface area contributed by atoms with Gasteiger partial charge in [-0.25, -0.2) is 0 Å². The fourth-order valence-corrected chi connectivity index (χ4v) is 0.752. The van der Waals surface area contributed by atoms with E-state index in [4.69, 9.17) is 5.73 Å². The third kappa shape index (κ3) is 7.92. The summed E-state index contributed by atoms with van der Waals surface area (Å²) in [7, 11) is 0. The van der Waals surface area contributed by atoms with Gasteiger partial charge in [0.1, 0.15) is 0 Å². The monoisotopic (exact) mass is 147 g/mol. The van der Waals surface area contributed by atoms with Crippen LogP contribution in [-0.2, 0) is 0 Å². The largest absolute Gasteiger partial charge is 0.412 e. The molecule has 0 aliphatic carbocycles. The van der Waals surface area contributed by atoms with Crippen molar-refractivity contribution in [2.24, 2.45) is 11.7 Å². The second-order valence-corrected chi connectivity index (χ2v) is 3.07. The van der Waals surface area contributed by atoms with Crippen LogP contribution < -0.4 is 5.73 Å². The van der Waals surface area contributed by atoms with E-state index in [0.717, 1.165) is 5.92 Å². The molecule has 0 rings (SSSR count). The van der Waals surface area contributed by atoms with Gasteiger partial charge in [-0.2, -0.15) is 0 Å². The van der Waals surface area contributed by atoms with Gasteiger partial charge in [-0.15, -0.1) is 0 Å². The fourth-order valence-electron chi connectivity index (χ4n) is 0.752. The first-order valence-electron chi connectivity index (χ1n) is 3.92. The van der Waals surface area contributed by atoms with Crippen molar-refractivity contribution in [2.45, 2.75) is 46.1 Å². The molecule has 2 unspecified atom stereocenters. The first-order valence-corrected chi connectivity index (χ1v) is 3.92. The zero-order valence-corrected chi connectivity index (χ0v) is 7.35. The van der Waals surface area contributed by atoms with E-state index in [9.17, 15) is 0 Å². The van der Waals surface area contributed by atoms with Gasteiger partial charge in [0.2, 0.25) is 0 Å². The first kappa shape index (κ1) is 12.6. The molecule has 0 aromatic carbocycles. The Morgan fingerprint density at radius 2 is 1.70 bits per heavy atom. The van der Waals surface area contributed by atoms with Crippen LogP contribution >= 0.6 is 0 Å². The zero-order chi connectivity index (χ0) is 7.28. The molecule has 2 nitrogen and oxygen atoms in total. The van der Waals surface area contributed by atoms with Gasteiger partial charge in [0.25, 0.3) is 0 Å². The van der Waals surface area contributed by atoms with Crippen LogP contribution in [0.1, 0.15) is 40.0 Å². The summed E-state index contributed by atoms with van der Waals surface area (Å²) >= 11 is 0. The molecule has 64 valence electrons. The van der Waals surface area contributed by atoms with Gasteiger partial charge in [0.15, 0.2) is 0 Å². The van der Waals surface area contributed by atoms with Crippen LogP contribution in [-0.4, -0.2) is 11.5 Å². The summed E-state index contributed by atoms with van der Waals surface area (Å²) in [6.07, 6.45) is 3.75. The summed E-state index contributed by atoms with van der Waals surface area (Å²) in [4.78, 5) is 0. The SMILES string of the molecule is CCC(C)CCC(C)N.O. The van der Waals surface area contributed by atoms with Gasteiger partial charge < -0.3 is 11.2 Å². The smallest absolute Gasteiger partial charge is 0.00105 e. The predicted molar refractivity (Wildman–Crippen MR) is 46.0 cm³/mol. The fraction of sp³-hybridized carbons (Fsp3) is 1.00. The minimum absolute atomic E-state index is 0. The van der Waals surface area contributed by atoms with E-state index >= 15 is 0 Å². The molecule has 10 heavy (non-hydrogen) atoms. The van der Waals surface area contributed by atoms with Crippen LogP contribution in [0.3, 0.4) is 0 Å². The molecular weight excluding hydrogens is 126 g/mol. The highest BCUT2D eigenvalue weighted by molar-refractivity contribution is 4.56. The van der Waals surface area contributed by atoms with Crippen molar-refractivity contribution >= 4 is 0 Å². The Balaban J connectivity index is 0.